The largest absolute Gasteiger partial charge is 0.323 e. The summed E-state index contributed by atoms with van der Waals surface area (Å²) in [4.78, 5) is 5.61. The molecule has 5 heteroatoms. The van der Waals surface area contributed by atoms with Crippen molar-refractivity contribution in [2.24, 2.45) is 5.73 Å². The second-order valence-corrected chi connectivity index (χ2v) is 7.35. The van der Waals surface area contributed by atoms with Crippen molar-refractivity contribution >= 4 is 43.2 Å². The Morgan fingerprint density at radius 2 is 2.17 bits per heavy atom. The van der Waals surface area contributed by atoms with Crippen molar-refractivity contribution in [3.63, 3.8) is 0 Å². The summed E-state index contributed by atoms with van der Waals surface area (Å²) in [5.74, 6) is 0. The van der Waals surface area contributed by atoms with Gasteiger partial charge in [-0.15, -0.1) is 11.3 Å². The van der Waals surface area contributed by atoms with Crippen molar-refractivity contribution in [2.45, 2.75) is 25.8 Å². The third kappa shape index (κ3) is 3.41. The first-order valence-corrected chi connectivity index (χ1v) is 8.14. The van der Waals surface area contributed by atoms with Crippen molar-refractivity contribution in [1.29, 1.82) is 0 Å². The first-order valence-electron chi connectivity index (χ1n) is 5.74. The van der Waals surface area contributed by atoms with E-state index in [0.29, 0.717) is 0 Å². The van der Waals surface area contributed by atoms with Gasteiger partial charge in [0.2, 0.25) is 0 Å². The number of hydrogen-bond donors (Lipinski definition) is 1. The Morgan fingerprint density at radius 1 is 1.39 bits per heavy atom. The number of thiophene rings is 1. The number of nitrogens with two attached hydrogens (primary N) is 1. The van der Waals surface area contributed by atoms with Crippen LogP contribution in [0.15, 0.2) is 32.7 Å². The molecular weight excluding hydrogens is 376 g/mol. The molecule has 0 radical (unpaired) electrons. The minimum atomic E-state index is -0.00224. The van der Waals surface area contributed by atoms with E-state index in [1.54, 1.807) is 11.3 Å². The maximum absolute atomic E-state index is 6.21. The molecule has 0 amide bonds. The van der Waals surface area contributed by atoms with Crippen molar-refractivity contribution in [2.75, 3.05) is 0 Å². The zero-order valence-corrected chi connectivity index (χ0v) is 14.0. The van der Waals surface area contributed by atoms with Crippen molar-refractivity contribution < 1.29 is 0 Å². The van der Waals surface area contributed by atoms with Crippen molar-refractivity contribution in [3.05, 3.63) is 48.8 Å². The van der Waals surface area contributed by atoms with Gasteiger partial charge in [-0.25, -0.2) is 0 Å². The fourth-order valence-corrected chi connectivity index (χ4v) is 3.75. The Morgan fingerprint density at radius 3 is 2.67 bits per heavy atom. The van der Waals surface area contributed by atoms with E-state index in [9.17, 15) is 0 Å². The van der Waals surface area contributed by atoms with Gasteiger partial charge in [-0.2, -0.15) is 0 Å². The van der Waals surface area contributed by atoms with Gasteiger partial charge < -0.3 is 5.73 Å². The first-order chi connectivity index (χ1) is 8.60. The molecule has 2 aromatic heterocycles. The lowest BCUT2D eigenvalue weighted by Gasteiger charge is -2.09. The second kappa shape index (κ2) is 6.28. The monoisotopic (exact) mass is 388 g/mol. The van der Waals surface area contributed by atoms with Crippen LogP contribution in [0.5, 0.6) is 0 Å². The zero-order valence-electron chi connectivity index (χ0n) is 9.99. The fraction of sp³-hybridized carbons (Fsp3) is 0.308. The Labute approximate surface area is 128 Å². The van der Waals surface area contributed by atoms with Crippen LogP contribution < -0.4 is 5.73 Å². The number of rotatable bonds is 4. The van der Waals surface area contributed by atoms with Crippen molar-refractivity contribution in [1.82, 2.24) is 4.98 Å². The molecule has 0 spiro atoms. The lowest BCUT2D eigenvalue weighted by molar-refractivity contribution is 0.719. The average Bonchev–Trinajstić information content (AvgIpc) is 2.71. The lowest BCUT2D eigenvalue weighted by Crippen LogP contribution is -2.12. The quantitative estimate of drug-likeness (QED) is 0.837. The van der Waals surface area contributed by atoms with Crippen LogP contribution >= 0.6 is 43.2 Å². The molecule has 0 saturated heterocycles. The molecule has 0 aliphatic rings. The van der Waals surface area contributed by atoms with Crippen LogP contribution in [0.25, 0.3) is 0 Å². The molecule has 2 aromatic rings. The second-order valence-electron chi connectivity index (χ2n) is 4.09. The van der Waals surface area contributed by atoms with Gasteiger partial charge in [-0.3, -0.25) is 4.98 Å². The van der Waals surface area contributed by atoms with E-state index < -0.39 is 0 Å². The Bertz CT molecular complexity index is 503. The molecule has 18 heavy (non-hydrogen) atoms. The van der Waals surface area contributed by atoms with Gasteiger partial charge in [0.15, 0.2) is 0 Å². The minimum Gasteiger partial charge on any atom is -0.323 e. The third-order valence-electron chi connectivity index (χ3n) is 2.75. The number of halogens is 2. The molecule has 0 bridgehead atoms. The van der Waals surface area contributed by atoms with Crippen LogP contribution in [0.4, 0.5) is 0 Å². The highest BCUT2D eigenvalue weighted by Gasteiger charge is 2.13. The van der Waals surface area contributed by atoms with E-state index in [-0.39, 0.29) is 6.04 Å². The van der Waals surface area contributed by atoms with Gasteiger partial charge in [0, 0.05) is 33.7 Å². The number of hydrogen-bond acceptors (Lipinski definition) is 3. The minimum absolute atomic E-state index is 0.00224. The van der Waals surface area contributed by atoms with E-state index in [1.807, 2.05) is 6.20 Å². The summed E-state index contributed by atoms with van der Waals surface area (Å²) in [5.41, 5.74) is 8.51. The SMILES string of the molecule is CCc1ccc(CC(N)c2cc(Br)c(Br)s2)nc1. The predicted octanol–water partition coefficient (Wildman–Crippen LogP) is 4.47. The first kappa shape index (κ1) is 14.2. The molecule has 0 aromatic carbocycles. The zero-order chi connectivity index (χ0) is 13.1. The van der Waals surface area contributed by atoms with Gasteiger partial charge >= 0.3 is 0 Å². The van der Waals surface area contributed by atoms with Crippen LogP contribution in [0.1, 0.15) is 29.1 Å². The molecule has 2 heterocycles. The van der Waals surface area contributed by atoms with Gasteiger partial charge in [-0.1, -0.05) is 13.0 Å². The van der Waals surface area contributed by atoms with Crippen LogP contribution in [0, 0.1) is 0 Å². The number of pyridine rings is 1. The molecule has 96 valence electrons. The maximum atomic E-state index is 6.21. The molecule has 2 N–H and O–H groups in total. The molecule has 2 rings (SSSR count). The van der Waals surface area contributed by atoms with E-state index >= 15 is 0 Å². The lowest BCUT2D eigenvalue weighted by atomic mass is 10.1. The summed E-state index contributed by atoms with van der Waals surface area (Å²) >= 11 is 8.64. The molecule has 1 atom stereocenters. The van der Waals surface area contributed by atoms with E-state index in [4.69, 9.17) is 5.73 Å². The number of nitrogens with zero attached hydrogens (tertiary/aromatic N) is 1. The molecule has 1 unspecified atom stereocenters. The summed E-state index contributed by atoms with van der Waals surface area (Å²) in [6.07, 6.45) is 3.72. The van der Waals surface area contributed by atoms with Crippen LogP contribution in [-0.2, 0) is 12.8 Å². The van der Waals surface area contributed by atoms with E-state index in [1.165, 1.54) is 5.56 Å². The standard InChI is InChI=1S/C13H14Br2N2S/c1-2-8-3-4-9(17-7-8)5-11(16)12-6-10(14)13(15)18-12/h3-4,6-7,11H,2,5,16H2,1H3. The van der Waals surface area contributed by atoms with E-state index in [2.05, 4.69) is 62.0 Å². The van der Waals surface area contributed by atoms with Crippen LogP contribution in [-0.4, -0.2) is 4.98 Å². The summed E-state index contributed by atoms with van der Waals surface area (Å²) in [6.45, 7) is 2.13. The molecule has 0 aliphatic carbocycles. The molecule has 0 fully saturated rings. The molecule has 2 nitrogen and oxygen atoms in total. The van der Waals surface area contributed by atoms with Gasteiger partial charge in [0.25, 0.3) is 0 Å². The topological polar surface area (TPSA) is 38.9 Å². The smallest absolute Gasteiger partial charge is 0.0843 e. The van der Waals surface area contributed by atoms with Gasteiger partial charge in [-0.05, 0) is 56.0 Å². The summed E-state index contributed by atoms with van der Waals surface area (Å²) < 4.78 is 2.15. The summed E-state index contributed by atoms with van der Waals surface area (Å²) in [7, 11) is 0. The van der Waals surface area contributed by atoms with Crippen LogP contribution in [0.3, 0.4) is 0 Å². The van der Waals surface area contributed by atoms with Crippen molar-refractivity contribution in [3.8, 4) is 0 Å². The normalized spacial score (nSPS) is 12.7. The number of aromatic nitrogens is 1. The fourth-order valence-electron chi connectivity index (χ4n) is 1.66. The average molecular weight is 390 g/mol. The van der Waals surface area contributed by atoms with E-state index in [0.717, 1.165) is 31.7 Å². The highest BCUT2D eigenvalue weighted by atomic mass is 79.9. The molecule has 0 aliphatic heterocycles. The number of aryl methyl sites for hydroxylation is 1. The highest BCUT2D eigenvalue weighted by Crippen LogP contribution is 2.35. The Balaban J connectivity index is 2.08. The van der Waals surface area contributed by atoms with Crippen LogP contribution in [0.2, 0.25) is 0 Å². The van der Waals surface area contributed by atoms with Gasteiger partial charge in [0.1, 0.15) is 0 Å². The Kier molecular flexibility index (Phi) is 4.95. The van der Waals surface area contributed by atoms with Gasteiger partial charge in [0.05, 0.1) is 3.79 Å². The maximum Gasteiger partial charge on any atom is 0.0843 e. The predicted molar refractivity (Wildman–Crippen MR) is 84.0 cm³/mol. The summed E-state index contributed by atoms with van der Waals surface area (Å²) in [5, 5.41) is 0. The molecule has 0 saturated carbocycles. The Hall–Kier alpha value is -0.230. The summed E-state index contributed by atoms with van der Waals surface area (Å²) in [6, 6.07) is 6.25. The highest BCUT2D eigenvalue weighted by molar-refractivity contribution is 9.13. The third-order valence-corrected chi connectivity index (χ3v) is 6.14. The molecular formula is C13H14Br2N2S.